The summed E-state index contributed by atoms with van der Waals surface area (Å²) in [5.74, 6) is 0.663. The standard InChI is InChI=1S/C22H23ClN2O2/c1-27-21-10-7-17(14-20(21)26)22-19-4-2-11-24(19)12-3-13-25(22)15-16-5-8-18(23)9-6-16/h2,4-11,14,22,26H,3,12-13,15H2,1H3/t22-/m1/s1. The van der Waals surface area contributed by atoms with E-state index in [1.807, 2.05) is 30.3 Å². The number of phenolic OH excluding ortho intramolecular Hbond substituents is 1. The molecule has 0 saturated carbocycles. The number of nitrogens with zero attached hydrogens (tertiary/aromatic N) is 2. The van der Waals surface area contributed by atoms with Gasteiger partial charge in [0.15, 0.2) is 11.5 Å². The molecule has 0 saturated heterocycles. The van der Waals surface area contributed by atoms with E-state index in [1.165, 1.54) is 11.3 Å². The minimum atomic E-state index is 0.0648. The largest absolute Gasteiger partial charge is 0.504 e. The lowest BCUT2D eigenvalue weighted by Gasteiger charge is -2.31. The summed E-state index contributed by atoms with van der Waals surface area (Å²) in [5, 5.41) is 11.1. The van der Waals surface area contributed by atoms with E-state index in [-0.39, 0.29) is 11.8 Å². The van der Waals surface area contributed by atoms with Gasteiger partial charge in [-0.15, -0.1) is 0 Å². The van der Waals surface area contributed by atoms with Gasteiger partial charge < -0.3 is 14.4 Å². The smallest absolute Gasteiger partial charge is 0.160 e. The van der Waals surface area contributed by atoms with Crippen LogP contribution in [0.2, 0.25) is 5.02 Å². The number of methoxy groups -OCH3 is 1. The molecule has 0 aliphatic carbocycles. The minimum absolute atomic E-state index is 0.0648. The number of aromatic hydroxyl groups is 1. The first kappa shape index (κ1) is 18.0. The first-order valence-electron chi connectivity index (χ1n) is 9.16. The maximum absolute atomic E-state index is 10.3. The number of rotatable bonds is 4. The van der Waals surface area contributed by atoms with Crippen molar-refractivity contribution in [1.29, 1.82) is 0 Å². The van der Waals surface area contributed by atoms with Gasteiger partial charge in [-0.3, -0.25) is 4.90 Å². The molecule has 0 unspecified atom stereocenters. The molecule has 1 aliphatic heterocycles. The number of fused-ring (bicyclic) bond motifs is 1. The Morgan fingerprint density at radius 1 is 1.11 bits per heavy atom. The van der Waals surface area contributed by atoms with Crippen molar-refractivity contribution in [2.45, 2.75) is 25.6 Å². The van der Waals surface area contributed by atoms with Crippen molar-refractivity contribution in [3.05, 3.63) is 82.6 Å². The van der Waals surface area contributed by atoms with Crippen LogP contribution in [-0.4, -0.2) is 28.2 Å². The van der Waals surface area contributed by atoms with Crippen molar-refractivity contribution in [1.82, 2.24) is 9.47 Å². The fraction of sp³-hybridized carbons (Fsp3) is 0.273. The van der Waals surface area contributed by atoms with Crippen molar-refractivity contribution in [2.24, 2.45) is 0 Å². The summed E-state index contributed by atoms with van der Waals surface area (Å²) in [5.41, 5.74) is 3.53. The monoisotopic (exact) mass is 382 g/mol. The quantitative estimate of drug-likeness (QED) is 0.700. The summed E-state index contributed by atoms with van der Waals surface area (Å²) in [6.07, 6.45) is 3.21. The van der Waals surface area contributed by atoms with Gasteiger partial charge in [0.25, 0.3) is 0 Å². The van der Waals surface area contributed by atoms with Gasteiger partial charge >= 0.3 is 0 Å². The fourth-order valence-corrected chi connectivity index (χ4v) is 4.02. The normalized spacial score (nSPS) is 17.3. The molecule has 4 nitrogen and oxygen atoms in total. The fourth-order valence-electron chi connectivity index (χ4n) is 3.89. The molecule has 1 aromatic heterocycles. The van der Waals surface area contributed by atoms with Gasteiger partial charge in [-0.05, 0) is 53.9 Å². The van der Waals surface area contributed by atoms with E-state index >= 15 is 0 Å². The topological polar surface area (TPSA) is 37.6 Å². The number of halogens is 1. The molecule has 2 heterocycles. The summed E-state index contributed by atoms with van der Waals surface area (Å²) in [6.45, 7) is 2.79. The molecular formula is C22H23ClN2O2. The molecule has 4 rings (SSSR count). The number of aryl methyl sites for hydroxylation is 1. The maximum Gasteiger partial charge on any atom is 0.160 e. The van der Waals surface area contributed by atoms with Crippen LogP contribution in [0.1, 0.15) is 29.3 Å². The van der Waals surface area contributed by atoms with Crippen molar-refractivity contribution >= 4 is 11.6 Å². The van der Waals surface area contributed by atoms with E-state index in [4.69, 9.17) is 16.3 Å². The lowest BCUT2D eigenvalue weighted by atomic mass is 10.0. The van der Waals surface area contributed by atoms with Gasteiger partial charge in [0.05, 0.1) is 13.2 Å². The molecule has 27 heavy (non-hydrogen) atoms. The van der Waals surface area contributed by atoms with Crippen LogP contribution >= 0.6 is 11.6 Å². The highest BCUT2D eigenvalue weighted by Gasteiger charge is 2.28. The molecule has 1 atom stereocenters. The third kappa shape index (κ3) is 3.68. The van der Waals surface area contributed by atoms with Crippen molar-refractivity contribution < 1.29 is 9.84 Å². The lowest BCUT2D eigenvalue weighted by Crippen LogP contribution is -2.29. The molecule has 140 valence electrons. The number of hydrogen-bond acceptors (Lipinski definition) is 3. The number of phenols is 1. The third-order valence-corrected chi connectivity index (χ3v) is 5.42. The summed E-state index contributed by atoms with van der Waals surface area (Å²) < 4.78 is 7.53. The van der Waals surface area contributed by atoms with Crippen LogP contribution in [0.3, 0.4) is 0 Å². The van der Waals surface area contributed by atoms with Crippen molar-refractivity contribution in [3.63, 3.8) is 0 Å². The first-order valence-corrected chi connectivity index (χ1v) is 9.54. The Kier molecular flexibility index (Phi) is 5.10. The van der Waals surface area contributed by atoms with E-state index in [0.717, 1.165) is 36.6 Å². The molecule has 0 spiro atoms. The van der Waals surface area contributed by atoms with Gasteiger partial charge in [-0.2, -0.15) is 0 Å². The van der Waals surface area contributed by atoms with Crippen LogP contribution in [0.25, 0.3) is 0 Å². The minimum Gasteiger partial charge on any atom is -0.504 e. The van der Waals surface area contributed by atoms with Crippen LogP contribution in [-0.2, 0) is 13.1 Å². The van der Waals surface area contributed by atoms with E-state index < -0.39 is 0 Å². The number of aromatic nitrogens is 1. The van der Waals surface area contributed by atoms with E-state index in [1.54, 1.807) is 7.11 Å². The predicted octanol–water partition coefficient (Wildman–Crippen LogP) is 4.85. The van der Waals surface area contributed by atoms with Gasteiger partial charge in [-0.25, -0.2) is 0 Å². The Bertz CT molecular complexity index is 920. The zero-order valence-electron chi connectivity index (χ0n) is 15.3. The molecule has 3 aromatic rings. The molecule has 0 bridgehead atoms. The van der Waals surface area contributed by atoms with E-state index in [0.29, 0.717) is 5.75 Å². The third-order valence-electron chi connectivity index (χ3n) is 5.17. The molecule has 2 aromatic carbocycles. The van der Waals surface area contributed by atoms with Crippen LogP contribution < -0.4 is 4.74 Å². The average Bonchev–Trinajstić information content (AvgIpc) is 3.05. The summed E-state index contributed by atoms with van der Waals surface area (Å²) >= 11 is 6.05. The second-order valence-electron chi connectivity index (χ2n) is 6.91. The highest BCUT2D eigenvalue weighted by Crippen LogP contribution is 2.37. The zero-order chi connectivity index (χ0) is 18.8. The van der Waals surface area contributed by atoms with Gasteiger partial charge in [-0.1, -0.05) is 29.8 Å². The molecule has 0 amide bonds. The Labute approximate surface area is 164 Å². The molecule has 5 heteroatoms. The SMILES string of the molecule is COc1ccc([C@@H]2c3cccn3CCCN2Cc2ccc(Cl)cc2)cc1O. The number of hydrogen-bond donors (Lipinski definition) is 1. The molecule has 1 aliphatic rings. The van der Waals surface area contributed by atoms with Gasteiger partial charge in [0, 0.05) is 36.5 Å². The van der Waals surface area contributed by atoms with Crippen LogP contribution in [0.4, 0.5) is 0 Å². The van der Waals surface area contributed by atoms with Crippen LogP contribution in [0, 0.1) is 0 Å². The zero-order valence-corrected chi connectivity index (χ0v) is 16.1. The Hall–Kier alpha value is -2.43. The highest BCUT2D eigenvalue weighted by atomic mass is 35.5. The Morgan fingerprint density at radius 3 is 2.67 bits per heavy atom. The Balaban J connectivity index is 1.74. The lowest BCUT2D eigenvalue weighted by molar-refractivity contribution is 0.220. The van der Waals surface area contributed by atoms with E-state index in [2.05, 4.69) is 39.9 Å². The number of ether oxygens (including phenoxy) is 1. The maximum atomic E-state index is 10.3. The average molecular weight is 383 g/mol. The van der Waals surface area contributed by atoms with Crippen LogP contribution in [0.5, 0.6) is 11.5 Å². The van der Waals surface area contributed by atoms with Crippen molar-refractivity contribution in [3.8, 4) is 11.5 Å². The van der Waals surface area contributed by atoms with E-state index in [9.17, 15) is 5.11 Å². The molecule has 1 N–H and O–H groups in total. The van der Waals surface area contributed by atoms with Gasteiger partial charge in [0.2, 0.25) is 0 Å². The predicted molar refractivity (Wildman–Crippen MR) is 107 cm³/mol. The Morgan fingerprint density at radius 2 is 1.93 bits per heavy atom. The number of benzene rings is 2. The first-order chi connectivity index (χ1) is 13.2. The van der Waals surface area contributed by atoms with Crippen LogP contribution in [0.15, 0.2) is 60.8 Å². The second-order valence-corrected chi connectivity index (χ2v) is 7.35. The molecule has 0 fully saturated rings. The van der Waals surface area contributed by atoms with Gasteiger partial charge in [0.1, 0.15) is 0 Å². The molecule has 0 radical (unpaired) electrons. The summed E-state index contributed by atoms with van der Waals surface area (Å²) in [7, 11) is 1.57. The summed E-state index contributed by atoms with van der Waals surface area (Å²) in [4.78, 5) is 2.46. The highest BCUT2D eigenvalue weighted by molar-refractivity contribution is 6.30. The second kappa shape index (κ2) is 7.67. The molecular weight excluding hydrogens is 360 g/mol. The summed E-state index contributed by atoms with van der Waals surface area (Å²) in [6, 6.07) is 18.1. The van der Waals surface area contributed by atoms with Crippen molar-refractivity contribution in [2.75, 3.05) is 13.7 Å².